The summed E-state index contributed by atoms with van der Waals surface area (Å²) < 4.78 is 15.8. The maximum Gasteiger partial charge on any atom is 0.330 e. The zero-order valence-corrected chi connectivity index (χ0v) is 17.2. The Morgan fingerprint density at radius 2 is 1.74 bits per heavy atom. The molecule has 4 aromatic rings. The second-order valence-corrected chi connectivity index (χ2v) is 6.87. The molecule has 0 fully saturated rings. The fraction of sp³-hybridized carbons (Fsp3) is 0.0417. The van der Waals surface area contributed by atoms with Gasteiger partial charge in [0.15, 0.2) is 0 Å². The van der Waals surface area contributed by atoms with Gasteiger partial charge in [0.25, 0.3) is 5.89 Å². The predicted octanol–water partition coefficient (Wildman–Crippen LogP) is 6.04. The number of para-hydroxylation sites is 1. The van der Waals surface area contributed by atoms with E-state index in [0.717, 1.165) is 16.9 Å². The molecule has 0 aliphatic heterocycles. The lowest BCUT2D eigenvalue weighted by atomic mass is 10.1. The topological polar surface area (TPSA) is 74.5 Å². The molecular formula is C24H17ClN2O4. The van der Waals surface area contributed by atoms with E-state index in [2.05, 4.69) is 14.9 Å². The van der Waals surface area contributed by atoms with Gasteiger partial charge in [-0.1, -0.05) is 41.0 Å². The van der Waals surface area contributed by atoms with Gasteiger partial charge in [0.05, 0.1) is 12.1 Å². The van der Waals surface area contributed by atoms with Crippen molar-refractivity contribution < 1.29 is 18.8 Å². The molecule has 154 valence electrons. The number of carbonyl (C=O) groups excluding carboxylic acids is 1. The second-order valence-electron chi connectivity index (χ2n) is 6.46. The third-order valence-electron chi connectivity index (χ3n) is 4.35. The Labute approximate surface area is 183 Å². The number of ether oxygens (including phenoxy) is 2. The zero-order valence-electron chi connectivity index (χ0n) is 16.5. The minimum Gasteiger partial charge on any atom is -0.466 e. The first-order chi connectivity index (χ1) is 15.1. The number of hydrogen-bond donors (Lipinski definition) is 0. The van der Waals surface area contributed by atoms with Crippen LogP contribution < -0.4 is 4.74 Å². The third-order valence-corrected chi connectivity index (χ3v) is 4.67. The van der Waals surface area contributed by atoms with Crippen molar-refractivity contribution in [1.29, 1.82) is 0 Å². The Morgan fingerprint density at radius 1 is 1.00 bits per heavy atom. The molecule has 0 radical (unpaired) electrons. The first kappa shape index (κ1) is 20.4. The number of benzene rings is 3. The molecule has 7 heteroatoms. The average Bonchev–Trinajstić information content (AvgIpc) is 3.28. The van der Waals surface area contributed by atoms with E-state index in [1.54, 1.807) is 24.3 Å². The highest BCUT2D eigenvalue weighted by Gasteiger charge is 2.14. The van der Waals surface area contributed by atoms with E-state index in [1.165, 1.54) is 13.2 Å². The van der Waals surface area contributed by atoms with Crippen LogP contribution in [0, 0.1) is 0 Å². The van der Waals surface area contributed by atoms with Gasteiger partial charge in [-0.05, 0) is 60.2 Å². The molecule has 3 aromatic carbocycles. The maximum absolute atomic E-state index is 11.2. The SMILES string of the molecule is COC(=O)C=Cc1ccc(-c2noc(-c3ccc(Oc4ccccc4)cc3)n2)c(Cl)c1. The number of methoxy groups -OCH3 is 1. The van der Waals surface area contributed by atoms with Crippen LogP contribution in [0.15, 0.2) is 83.4 Å². The first-order valence-electron chi connectivity index (χ1n) is 9.35. The second kappa shape index (κ2) is 9.28. The zero-order chi connectivity index (χ0) is 21.6. The number of esters is 1. The van der Waals surface area contributed by atoms with Crippen molar-refractivity contribution in [2.24, 2.45) is 0 Å². The van der Waals surface area contributed by atoms with Gasteiger partial charge in [0.1, 0.15) is 11.5 Å². The van der Waals surface area contributed by atoms with Gasteiger partial charge in [-0.25, -0.2) is 4.79 Å². The maximum atomic E-state index is 11.2. The summed E-state index contributed by atoms with van der Waals surface area (Å²) in [4.78, 5) is 15.7. The molecule has 0 aliphatic rings. The van der Waals surface area contributed by atoms with E-state index in [0.29, 0.717) is 28.1 Å². The highest BCUT2D eigenvalue weighted by molar-refractivity contribution is 6.33. The minimum atomic E-state index is -0.441. The van der Waals surface area contributed by atoms with Crippen LogP contribution in [0.5, 0.6) is 11.5 Å². The molecule has 0 atom stereocenters. The largest absolute Gasteiger partial charge is 0.466 e. The standard InChI is InChI=1S/C24H17ClN2O4/c1-29-22(28)14-8-16-7-13-20(21(25)15-16)23-26-24(31-27-23)17-9-11-19(12-10-17)30-18-5-3-2-4-6-18/h2-15H,1H3. The molecule has 4 rings (SSSR count). The van der Waals surface area contributed by atoms with Crippen LogP contribution in [0.3, 0.4) is 0 Å². The summed E-state index contributed by atoms with van der Waals surface area (Å²) in [5, 5.41) is 4.47. The quantitative estimate of drug-likeness (QED) is 0.273. The number of nitrogens with zero attached hydrogens (tertiary/aromatic N) is 2. The lowest BCUT2D eigenvalue weighted by Crippen LogP contribution is -1.93. The summed E-state index contributed by atoms with van der Waals surface area (Å²) in [6, 6.07) is 22.2. The number of aromatic nitrogens is 2. The predicted molar refractivity (Wildman–Crippen MR) is 118 cm³/mol. The summed E-state index contributed by atoms with van der Waals surface area (Å²) in [7, 11) is 1.32. The average molecular weight is 433 g/mol. The van der Waals surface area contributed by atoms with Crippen LogP contribution in [0.1, 0.15) is 5.56 Å². The molecule has 0 unspecified atom stereocenters. The number of hydrogen-bond acceptors (Lipinski definition) is 6. The number of rotatable bonds is 6. The summed E-state index contributed by atoms with van der Waals surface area (Å²) in [5.41, 5.74) is 2.13. The van der Waals surface area contributed by atoms with Gasteiger partial charge in [-0.2, -0.15) is 4.98 Å². The van der Waals surface area contributed by atoms with E-state index in [1.807, 2.05) is 54.6 Å². The van der Waals surface area contributed by atoms with E-state index >= 15 is 0 Å². The molecule has 1 heterocycles. The normalized spacial score (nSPS) is 10.9. The first-order valence-corrected chi connectivity index (χ1v) is 9.73. The summed E-state index contributed by atoms with van der Waals surface area (Å²) in [5.74, 6) is 1.76. The summed E-state index contributed by atoms with van der Waals surface area (Å²) in [6.45, 7) is 0. The van der Waals surface area contributed by atoms with E-state index in [9.17, 15) is 4.79 Å². The summed E-state index contributed by atoms with van der Waals surface area (Å²) in [6.07, 6.45) is 2.94. The van der Waals surface area contributed by atoms with Crippen LogP contribution in [0.25, 0.3) is 28.9 Å². The lowest BCUT2D eigenvalue weighted by molar-refractivity contribution is -0.134. The van der Waals surface area contributed by atoms with E-state index in [-0.39, 0.29) is 0 Å². The lowest BCUT2D eigenvalue weighted by Gasteiger charge is -2.05. The molecule has 0 bridgehead atoms. The van der Waals surface area contributed by atoms with E-state index < -0.39 is 5.97 Å². The molecule has 31 heavy (non-hydrogen) atoms. The monoisotopic (exact) mass is 432 g/mol. The van der Waals surface area contributed by atoms with Gasteiger partial charge in [0, 0.05) is 17.2 Å². The van der Waals surface area contributed by atoms with Crippen molar-refractivity contribution in [1.82, 2.24) is 10.1 Å². The molecule has 0 aliphatic carbocycles. The fourth-order valence-corrected chi connectivity index (χ4v) is 3.06. The molecule has 0 saturated heterocycles. The van der Waals surface area contributed by atoms with Gasteiger partial charge in [-0.3, -0.25) is 0 Å². The molecular weight excluding hydrogens is 416 g/mol. The van der Waals surface area contributed by atoms with Gasteiger partial charge in [-0.15, -0.1) is 0 Å². The number of carbonyl (C=O) groups is 1. The van der Waals surface area contributed by atoms with Gasteiger partial charge >= 0.3 is 5.97 Å². The Bertz CT molecular complexity index is 1220. The van der Waals surface area contributed by atoms with Crippen LogP contribution in [-0.4, -0.2) is 23.2 Å². The van der Waals surface area contributed by atoms with Gasteiger partial charge < -0.3 is 14.0 Å². The van der Waals surface area contributed by atoms with Gasteiger partial charge in [0.2, 0.25) is 5.82 Å². The summed E-state index contributed by atoms with van der Waals surface area (Å²) >= 11 is 6.38. The number of halogens is 1. The molecule has 0 saturated carbocycles. The fourth-order valence-electron chi connectivity index (χ4n) is 2.79. The smallest absolute Gasteiger partial charge is 0.330 e. The van der Waals surface area contributed by atoms with Crippen molar-refractivity contribution in [3.05, 3.63) is 89.5 Å². The molecule has 0 spiro atoms. The Balaban J connectivity index is 1.50. The Morgan fingerprint density at radius 3 is 2.45 bits per heavy atom. The Hall–Kier alpha value is -3.90. The van der Waals surface area contributed by atoms with Crippen molar-refractivity contribution in [2.75, 3.05) is 7.11 Å². The van der Waals surface area contributed by atoms with Crippen molar-refractivity contribution in [2.45, 2.75) is 0 Å². The molecule has 6 nitrogen and oxygen atoms in total. The minimum absolute atomic E-state index is 0.368. The third kappa shape index (κ3) is 4.99. The molecule has 0 N–H and O–H groups in total. The molecule has 1 aromatic heterocycles. The molecule has 0 amide bonds. The Kier molecular flexibility index (Phi) is 6.10. The van der Waals surface area contributed by atoms with Crippen molar-refractivity contribution in [3.8, 4) is 34.3 Å². The highest BCUT2D eigenvalue weighted by Crippen LogP contribution is 2.30. The van der Waals surface area contributed by atoms with Crippen LogP contribution >= 0.6 is 11.6 Å². The van der Waals surface area contributed by atoms with Crippen LogP contribution in [-0.2, 0) is 9.53 Å². The highest BCUT2D eigenvalue weighted by atomic mass is 35.5. The van der Waals surface area contributed by atoms with Crippen LogP contribution in [0.2, 0.25) is 5.02 Å². The van der Waals surface area contributed by atoms with Crippen LogP contribution in [0.4, 0.5) is 0 Å². The van der Waals surface area contributed by atoms with Crippen molar-refractivity contribution in [3.63, 3.8) is 0 Å². The van der Waals surface area contributed by atoms with Crippen molar-refractivity contribution >= 4 is 23.6 Å². The van der Waals surface area contributed by atoms with E-state index in [4.69, 9.17) is 20.9 Å².